The summed E-state index contributed by atoms with van der Waals surface area (Å²) in [5.41, 5.74) is 3.00. The van der Waals surface area contributed by atoms with Crippen molar-refractivity contribution in [2.45, 2.75) is 44.4 Å². The molecule has 2 aromatic rings. The molecule has 1 N–H and O–H groups in total. The predicted octanol–water partition coefficient (Wildman–Crippen LogP) is 4.86. The van der Waals surface area contributed by atoms with Crippen LogP contribution in [0.3, 0.4) is 0 Å². The number of hydrogen-bond donors (Lipinski definition) is 1. The van der Waals surface area contributed by atoms with E-state index in [2.05, 4.69) is 37.2 Å². The molecule has 1 saturated heterocycles. The van der Waals surface area contributed by atoms with Gasteiger partial charge in [-0.3, -0.25) is 9.59 Å². The second-order valence-corrected chi connectivity index (χ2v) is 12.4. The van der Waals surface area contributed by atoms with Gasteiger partial charge in [0.05, 0.1) is 11.6 Å². The van der Waals surface area contributed by atoms with E-state index in [1.54, 1.807) is 17.9 Å². The molecule has 1 atom stereocenters. The normalized spacial score (nSPS) is 18.6. The van der Waals surface area contributed by atoms with Gasteiger partial charge in [-0.1, -0.05) is 38.8 Å². The molecule has 2 aromatic carbocycles. The van der Waals surface area contributed by atoms with E-state index in [1.165, 1.54) is 4.31 Å². The number of aryl methyl sites for hydroxylation is 1. The SMILES string of the molecule is CCC(=O)N1CCc2cc(Br)cc(S(=O)(=O)N3CCC[C@@H](C(=O)Nc4ccc(Br)c(C)c4)C3)c21. The maximum absolute atomic E-state index is 13.8. The van der Waals surface area contributed by atoms with Crippen LogP contribution >= 0.6 is 31.9 Å². The molecule has 0 bridgehead atoms. The lowest BCUT2D eigenvalue weighted by atomic mass is 9.98. The highest BCUT2D eigenvalue weighted by atomic mass is 79.9. The molecule has 0 aliphatic carbocycles. The van der Waals surface area contributed by atoms with Crippen LogP contribution in [0.2, 0.25) is 0 Å². The molecule has 7 nitrogen and oxygen atoms in total. The number of amides is 2. The number of sulfonamides is 1. The quantitative estimate of drug-likeness (QED) is 0.523. The summed E-state index contributed by atoms with van der Waals surface area (Å²) in [6, 6.07) is 9.02. The standard InChI is InChI=1S/C24H27Br2N3O4S/c1-3-22(30)29-10-8-16-12-18(25)13-21(23(16)29)34(32,33)28-9-4-5-17(14-28)24(31)27-19-6-7-20(26)15(2)11-19/h6-7,11-13,17H,3-5,8-10,14H2,1-2H3,(H,27,31)/t17-/m1/s1. The first-order valence-corrected chi connectivity index (χ1v) is 14.3. The van der Waals surface area contributed by atoms with Crippen molar-refractivity contribution in [1.29, 1.82) is 0 Å². The van der Waals surface area contributed by atoms with Gasteiger partial charge in [0, 0.05) is 40.7 Å². The van der Waals surface area contributed by atoms with Gasteiger partial charge in [0.1, 0.15) is 4.90 Å². The molecular weight excluding hydrogens is 586 g/mol. The third kappa shape index (κ3) is 4.96. The molecule has 0 radical (unpaired) electrons. The molecular formula is C24H27Br2N3O4S. The molecule has 0 aromatic heterocycles. The molecule has 34 heavy (non-hydrogen) atoms. The van der Waals surface area contributed by atoms with Crippen LogP contribution in [0.1, 0.15) is 37.3 Å². The van der Waals surface area contributed by atoms with Gasteiger partial charge >= 0.3 is 0 Å². The summed E-state index contributed by atoms with van der Waals surface area (Å²) in [6.07, 6.45) is 2.12. The molecule has 1 fully saturated rings. The Bertz CT molecular complexity index is 1250. The maximum atomic E-state index is 13.8. The summed E-state index contributed by atoms with van der Waals surface area (Å²) in [4.78, 5) is 27.2. The Labute approximate surface area is 217 Å². The van der Waals surface area contributed by atoms with Gasteiger partial charge in [0.15, 0.2) is 0 Å². The number of piperidine rings is 1. The molecule has 2 aliphatic heterocycles. The summed E-state index contributed by atoms with van der Waals surface area (Å²) < 4.78 is 30.6. The second kappa shape index (κ2) is 10.1. The summed E-state index contributed by atoms with van der Waals surface area (Å²) in [7, 11) is -3.91. The molecule has 10 heteroatoms. The van der Waals surface area contributed by atoms with E-state index in [-0.39, 0.29) is 23.3 Å². The highest BCUT2D eigenvalue weighted by Gasteiger charge is 2.38. The average molecular weight is 613 g/mol. The summed E-state index contributed by atoms with van der Waals surface area (Å²) in [6.45, 7) is 4.63. The van der Waals surface area contributed by atoms with Gasteiger partial charge < -0.3 is 10.2 Å². The zero-order chi connectivity index (χ0) is 24.6. The van der Waals surface area contributed by atoms with Crippen LogP contribution in [0.25, 0.3) is 0 Å². The number of halogens is 2. The van der Waals surface area contributed by atoms with Crippen LogP contribution in [-0.2, 0) is 26.0 Å². The highest BCUT2D eigenvalue weighted by molar-refractivity contribution is 9.10. The first-order chi connectivity index (χ1) is 16.1. The maximum Gasteiger partial charge on any atom is 0.245 e. The van der Waals surface area contributed by atoms with Crippen LogP contribution in [0.4, 0.5) is 11.4 Å². The molecule has 2 aliphatic rings. The van der Waals surface area contributed by atoms with Crippen molar-refractivity contribution in [2.24, 2.45) is 5.92 Å². The van der Waals surface area contributed by atoms with Crippen LogP contribution in [0, 0.1) is 12.8 Å². The molecule has 2 amide bonds. The fourth-order valence-corrected chi connectivity index (χ4v) is 7.28. The van der Waals surface area contributed by atoms with Crippen LogP contribution in [0.15, 0.2) is 44.2 Å². The van der Waals surface area contributed by atoms with Gasteiger partial charge in [-0.15, -0.1) is 0 Å². The Morgan fingerprint density at radius 1 is 1.15 bits per heavy atom. The van der Waals surface area contributed by atoms with Crippen molar-refractivity contribution < 1.29 is 18.0 Å². The lowest BCUT2D eigenvalue weighted by molar-refractivity contribution is -0.121. The Balaban J connectivity index is 1.59. The Hall–Kier alpha value is -1.75. The largest absolute Gasteiger partial charge is 0.326 e. The van der Waals surface area contributed by atoms with Gasteiger partial charge in [0.25, 0.3) is 0 Å². The molecule has 0 spiro atoms. The predicted molar refractivity (Wildman–Crippen MR) is 139 cm³/mol. The van der Waals surface area contributed by atoms with E-state index in [4.69, 9.17) is 0 Å². The van der Waals surface area contributed by atoms with E-state index in [1.807, 2.05) is 31.2 Å². The first kappa shape index (κ1) is 25.3. The Morgan fingerprint density at radius 3 is 2.62 bits per heavy atom. The molecule has 2 heterocycles. The van der Waals surface area contributed by atoms with Crippen molar-refractivity contribution in [3.05, 3.63) is 50.4 Å². The fraction of sp³-hybridized carbons (Fsp3) is 0.417. The highest BCUT2D eigenvalue weighted by Crippen LogP contribution is 2.40. The van der Waals surface area contributed by atoms with Crippen LogP contribution in [-0.4, -0.2) is 44.2 Å². The summed E-state index contributed by atoms with van der Waals surface area (Å²) >= 11 is 6.89. The summed E-state index contributed by atoms with van der Waals surface area (Å²) in [5.74, 6) is -0.747. The minimum Gasteiger partial charge on any atom is -0.326 e. The topological polar surface area (TPSA) is 86.8 Å². The smallest absolute Gasteiger partial charge is 0.245 e. The monoisotopic (exact) mass is 611 g/mol. The number of nitrogens with one attached hydrogen (secondary N) is 1. The van der Waals surface area contributed by atoms with Crippen molar-refractivity contribution in [1.82, 2.24) is 4.31 Å². The molecule has 182 valence electrons. The molecule has 0 saturated carbocycles. The number of nitrogens with zero attached hydrogens (tertiary/aromatic N) is 2. The third-order valence-electron chi connectivity index (χ3n) is 6.40. The van der Waals surface area contributed by atoms with Crippen molar-refractivity contribution >= 4 is 65.1 Å². The number of rotatable bonds is 5. The number of fused-ring (bicyclic) bond motifs is 1. The van der Waals surface area contributed by atoms with Crippen molar-refractivity contribution in [2.75, 3.05) is 29.9 Å². The number of carbonyl (C=O) groups is 2. The minimum atomic E-state index is -3.91. The van der Waals surface area contributed by atoms with Gasteiger partial charge in [0.2, 0.25) is 21.8 Å². The number of hydrogen-bond acceptors (Lipinski definition) is 4. The van der Waals surface area contributed by atoms with Gasteiger partial charge in [-0.2, -0.15) is 4.31 Å². The van der Waals surface area contributed by atoms with Gasteiger partial charge in [-0.05, 0) is 67.6 Å². The minimum absolute atomic E-state index is 0.0989. The van der Waals surface area contributed by atoms with Crippen molar-refractivity contribution in [3.63, 3.8) is 0 Å². The lowest BCUT2D eigenvalue weighted by Crippen LogP contribution is -2.44. The number of carbonyl (C=O) groups excluding carboxylic acids is 2. The van der Waals surface area contributed by atoms with Gasteiger partial charge in [-0.25, -0.2) is 8.42 Å². The Morgan fingerprint density at radius 2 is 1.91 bits per heavy atom. The third-order valence-corrected chi connectivity index (χ3v) is 9.62. The number of anilines is 2. The number of benzene rings is 2. The molecule has 0 unspecified atom stereocenters. The second-order valence-electron chi connectivity index (χ2n) is 8.72. The zero-order valence-electron chi connectivity index (χ0n) is 19.1. The van der Waals surface area contributed by atoms with Crippen LogP contribution in [0.5, 0.6) is 0 Å². The molecule has 4 rings (SSSR count). The zero-order valence-corrected chi connectivity index (χ0v) is 23.1. The van der Waals surface area contributed by atoms with Crippen LogP contribution < -0.4 is 10.2 Å². The van der Waals surface area contributed by atoms with E-state index < -0.39 is 15.9 Å². The fourth-order valence-electron chi connectivity index (χ4n) is 4.59. The van der Waals surface area contributed by atoms with E-state index in [9.17, 15) is 18.0 Å². The van der Waals surface area contributed by atoms with Crippen molar-refractivity contribution in [3.8, 4) is 0 Å². The lowest BCUT2D eigenvalue weighted by Gasteiger charge is -2.32. The van der Waals surface area contributed by atoms with E-state index >= 15 is 0 Å². The Kier molecular flexibility index (Phi) is 7.52. The van der Waals surface area contributed by atoms with E-state index in [0.717, 1.165) is 15.6 Å². The average Bonchev–Trinajstić information content (AvgIpc) is 3.24. The first-order valence-electron chi connectivity index (χ1n) is 11.3. The van der Waals surface area contributed by atoms with E-state index in [0.29, 0.717) is 54.6 Å². The summed E-state index contributed by atoms with van der Waals surface area (Å²) in [5, 5.41) is 2.93.